The fraction of sp³-hybridized carbons (Fsp3) is 0.375. The van der Waals surface area contributed by atoms with Crippen molar-refractivity contribution in [2.45, 2.75) is 19.4 Å². The first-order valence-electron chi connectivity index (χ1n) is 7.33. The highest BCUT2D eigenvalue weighted by molar-refractivity contribution is 6.03. The molecule has 0 atom stereocenters. The number of hydrogen-bond acceptors (Lipinski definition) is 3. The molecule has 5 heteroatoms. The molecule has 5 nitrogen and oxygen atoms in total. The van der Waals surface area contributed by atoms with Crippen LogP contribution in [-0.2, 0) is 13.6 Å². The Balaban J connectivity index is 1.61. The lowest BCUT2D eigenvalue weighted by Gasteiger charge is -2.14. The smallest absolute Gasteiger partial charge is 0.256 e. The van der Waals surface area contributed by atoms with Crippen molar-refractivity contribution in [3.8, 4) is 0 Å². The van der Waals surface area contributed by atoms with Crippen LogP contribution < -0.4 is 5.32 Å². The van der Waals surface area contributed by atoms with Gasteiger partial charge in [-0.2, -0.15) is 5.10 Å². The van der Waals surface area contributed by atoms with Crippen LogP contribution in [0.4, 0.5) is 5.82 Å². The maximum Gasteiger partial charge on any atom is 0.256 e. The van der Waals surface area contributed by atoms with Gasteiger partial charge in [0, 0.05) is 31.4 Å². The van der Waals surface area contributed by atoms with E-state index in [1.54, 1.807) is 16.9 Å². The molecule has 1 aromatic heterocycles. The summed E-state index contributed by atoms with van der Waals surface area (Å²) < 4.78 is 1.66. The van der Waals surface area contributed by atoms with Crippen LogP contribution in [0.25, 0.3) is 0 Å². The normalized spacial score (nSPS) is 15.3. The Bertz CT molecular complexity index is 611. The number of carbonyl (C=O) groups is 1. The predicted octanol–water partition coefficient (Wildman–Crippen LogP) is 2.27. The number of rotatable bonds is 4. The van der Waals surface area contributed by atoms with Gasteiger partial charge in [-0.25, -0.2) is 0 Å². The number of nitrogens with one attached hydrogen (secondary N) is 1. The van der Waals surface area contributed by atoms with Gasteiger partial charge in [0.05, 0.1) is 0 Å². The minimum absolute atomic E-state index is 0.124. The molecule has 0 bridgehead atoms. The van der Waals surface area contributed by atoms with Crippen LogP contribution in [0.5, 0.6) is 0 Å². The molecule has 0 saturated carbocycles. The second kappa shape index (κ2) is 6.10. The zero-order chi connectivity index (χ0) is 14.7. The maximum absolute atomic E-state index is 12.1. The number of aryl methyl sites for hydroxylation is 1. The zero-order valence-electron chi connectivity index (χ0n) is 12.2. The third-order valence-electron chi connectivity index (χ3n) is 3.78. The lowest BCUT2D eigenvalue weighted by atomic mass is 10.1. The Morgan fingerprint density at radius 3 is 2.52 bits per heavy atom. The summed E-state index contributed by atoms with van der Waals surface area (Å²) in [5, 5.41) is 6.93. The first-order valence-corrected chi connectivity index (χ1v) is 7.33. The molecular formula is C16H20N4O. The SMILES string of the molecule is Cn1ccc(NC(=O)c2ccc(CN3CCCC3)cc2)n1. The Morgan fingerprint density at radius 1 is 1.19 bits per heavy atom. The van der Waals surface area contributed by atoms with Gasteiger partial charge in [0.25, 0.3) is 5.91 Å². The van der Waals surface area contributed by atoms with Crippen LogP contribution in [0, 0.1) is 0 Å². The molecule has 0 unspecified atom stereocenters. The topological polar surface area (TPSA) is 50.2 Å². The van der Waals surface area contributed by atoms with Gasteiger partial charge in [-0.05, 0) is 43.6 Å². The average molecular weight is 284 g/mol. The number of amides is 1. The predicted molar refractivity (Wildman–Crippen MR) is 82.1 cm³/mol. The van der Waals surface area contributed by atoms with E-state index >= 15 is 0 Å². The highest BCUT2D eigenvalue weighted by Crippen LogP contribution is 2.14. The van der Waals surface area contributed by atoms with Crippen LogP contribution in [0.2, 0.25) is 0 Å². The van der Waals surface area contributed by atoms with E-state index in [0.717, 1.165) is 6.54 Å². The van der Waals surface area contributed by atoms with Gasteiger partial charge in [-0.1, -0.05) is 12.1 Å². The highest BCUT2D eigenvalue weighted by Gasteiger charge is 2.12. The number of nitrogens with zero attached hydrogens (tertiary/aromatic N) is 3. The number of aromatic nitrogens is 2. The molecule has 1 N–H and O–H groups in total. The summed E-state index contributed by atoms with van der Waals surface area (Å²) in [5.74, 6) is 0.449. The molecule has 1 aliphatic heterocycles. The van der Waals surface area contributed by atoms with Gasteiger partial charge in [0.1, 0.15) is 0 Å². The maximum atomic E-state index is 12.1. The number of anilines is 1. The Morgan fingerprint density at radius 2 is 1.90 bits per heavy atom. The van der Waals surface area contributed by atoms with Crippen molar-refractivity contribution < 1.29 is 4.79 Å². The number of carbonyl (C=O) groups excluding carboxylic acids is 1. The quantitative estimate of drug-likeness (QED) is 0.937. The lowest BCUT2D eigenvalue weighted by Crippen LogP contribution is -2.18. The molecule has 2 aromatic rings. The summed E-state index contributed by atoms with van der Waals surface area (Å²) in [4.78, 5) is 14.6. The molecule has 1 aliphatic rings. The standard InChI is InChI=1S/C16H20N4O/c1-19-11-8-15(18-19)17-16(21)14-6-4-13(5-7-14)12-20-9-2-3-10-20/h4-8,11H,2-3,9-10,12H2,1H3,(H,17,18,21). The fourth-order valence-electron chi connectivity index (χ4n) is 2.63. The van der Waals surface area contributed by atoms with Crippen LogP contribution in [-0.4, -0.2) is 33.7 Å². The third kappa shape index (κ3) is 3.49. The van der Waals surface area contributed by atoms with Crippen molar-refractivity contribution >= 4 is 11.7 Å². The molecule has 110 valence electrons. The van der Waals surface area contributed by atoms with E-state index in [1.807, 2.05) is 31.3 Å². The minimum Gasteiger partial charge on any atom is -0.305 e. The Kier molecular flexibility index (Phi) is 4.01. The van der Waals surface area contributed by atoms with Crippen LogP contribution in [0.15, 0.2) is 36.5 Å². The van der Waals surface area contributed by atoms with Gasteiger partial charge in [-0.3, -0.25) is 14.4 Å². The summed E-state index contributed by atoms with van der Waals surface area (Å²) in [5.41, 5.74) is 1.91. The first kappa shape index (κ1) is 13.8. The van der Waals surface area contributed by atoms with Crippen LogP contribution in [0.3, 0.4) is 0 Å². The van der Waals surface area contributed by atoms with E-state index in [1.165, 1.54) is 31.5 Å². The molecule has 1 aromatic carbocycles. The summed E-state index contributed by atoms with van der Waals surface area (Å²) in [6, 6.07) is 9.60. The van der Waals surface area contributed by atoms with Crippen molar-refractivity contribution in [2.24, 2.45) is 7.05 Å². The highest BCUT2D eigenvalue weighted by atomic mass is 16.1. The van der Waals surface area contributed by atoms with E-state index < -0.39 is 0 Å². The molecule has 2 heterocycles. The summed E-state index contributed by atoms with van der Waals surface area (Å²) in [6.07, 6.45) is 4.39. The van der Waals surface area contributed by atoms with Gasteiger partial charge in [0.15, 0.2) is 5.82 Å². The van der Waals surface area contributed by atoms with Crippen molar-refractivity contribution in [3.63, 3.8) is 0 Å². The summed E-state index contributed by atoms with van der Waals surface area (Å²) in [7, 11) is 1.82. The second-order valence-electron chi connectivity index (χ2n) is 5.51. The van der Waals surface area contributed by atoms with Crippen molar-refractivity contribution in [1.82, 2.24) is 14.7 Å². The van der Waals surface area contributed by atoms with Crippen molar-refractivity contribution in [2.75, 3.05) is 18.4 Å². The van der Waals surface area contributed by atoms with E-state index in [2.05, 4.69) is 15.3 Å². The van der Waals surface area contributed by atoms with Gasteiger partial charge < -0.3 is 5.32 Å². The van der Waals surface area contributed by atoms with Gasteiger partial charge in [-0.15, -0.1) is 0 Å². The lowest BCUT2D eigenvalue weighted by molar-refractivity contribution is 0.102. The molecule has 1 saturated heterocycles. The van der Waals surface area contributed by atoms with Crippen LogP contribution in [0.1, 0.15) is 28.8 Å². The molecule has 0 spiro atoms. The molecule has 0 aliphatic carbocycles. The fourth-order valence-corrected chi connectivity index (χ4v) is 2.63. The largest absolute Gasteiger partial charge is 0.305 e. The Hall–Kier alpha value is -2.14. The minimum atomic E-state index is -0.124. The van der Waals surface area contributed by atoms with E-state index in [9.17, 15) is 4.79 Å². The Labute approximate surface area is 124 Å². The third-order valence-corrected chi connectivity index (χ3v) is 3.78. The molecule has 21 heavy (non-hydrogen) atoms. The van der Waals surface area contributed by atoms with Crippen molar-refractivity contribution in [3.05, 3.63) is 47.7 Å². The molecule has 3 rings (SSSR count). The molecular weight excluding hydrogens is 264 g/mol. The number of benzene rings is 1. The second-order valence-corrected chi connectivity index (χ2v) is 5.51. The average Bonchev–Trinajstić information content (AvgIpc) is 3.12. The van der Waals surface area contributed by atoms with Crippen LogP contribution >= 0.6 is 0 Å². The molecule has 1 fully saturated rings. The number of hydrogen-bond donors (Lipinski definition) is 1. The van der Waals surface area contributed by atoms with E-state index in [4.69, 9.17) is 0 Å². The van der Waals surface area contributed by atoms with Crippen molar-refractivity contribution in [1.29, 1.82) is 0 Å². The zero-order valence-corrected chi connectivity index (χ0v) is 12.2. The number of likely N-dealkylation sites (tertiary alicyclic amines) is 1. The monoisotopic (exact) mass is 284 g/mol. The molecule has 1 amide bonds. The van der Waals surface area contributed by atoms with Gasteiger partial charge >= 0.3 is 0 Å². The first-order chi connectivity index (χ1) is 10.2. The summed E-state index contributed by atoms with van der Waals surface area (Å²) in [6.45, 7) is 3.34. The van der Waals surface area contributed by atoms with E-state index in [-0.39, 0.29) is 5.91 Å². The molecule has 0 radical (unpaired) electrons. The van der Waals surface area contributed by atoms with Gasteiger partial charge in [0.2, 0.25) is 0 Å². The van der Waals surface area contributed by atoms with E-state index in [0.29, 0.717) is 11.4 Å². The summed E-state index contributed by atoms with van der Waals surface area (Å²) >= 11 is 0.